The van der Waals surface area contributed by atoms with Crippen LogP contribution in [0.3, 0.4) is 0 Å². The first kappa shape index (κ1) is 13.2. The van der Waals surface area contributed by atoms with Crippen molar-refractivity contribution in [1.82, 2.24) is 4.98 Å². The molecule has 3 rings (SSSR count). The molecule has 1 N–H and O–H groups in total. The van der Waals surface area contributed by atoms with E-state index in [9.17, 15) is 9.18 Å². The van der Waals surface area contributed by atoms with Gasteiger partial charge in [-0.25, -0.2) is 4.39 Å². The summed E-state index contributed by atoms with van der Waals surface area (Å²) in [6, 6.07) is 13.6. The van der Waals surface area contributed by atoms with E-state index >= 15 is 0 Å². The van der Waals surface area contributed by atoms with E-state index in [-0.39, 0.29) is 11.7 Å². The van der Waals surface area contributed by atoms with Crippen LogP contribution in [-0.4, -0.2) is 10.9 Å². The van der Waals surface area contributed by atoms with Gasteiger partial charge in [-0.15, -0.1) is 0 Å². The molecule has 0 aliphatic carbocycles. The lowest BCUT2D eigenvalue weighted by Crippen LogP contribution is -2.12. The Labute approximate surface area is 121 Å². The molecule has 0 unspecified atom stereocenters. The second-order valence-corrected chi connectivity index (χ2v) is 4.88. The summed E-state index contributed by atoms with van der Waals surface area (Å²) in [7, 11) is 0. The smallest absolute Gasteiger partial charge is 0.257 e. The third kappa shape index (κ3) is 2.89. The van der Waals surface area contributed by atoms with Gasteiger partial charge in [0.2, 0.25) is 0 Å². The molecule has 104 valence electrons. The maximum atomic E-state index is 13.1. The number of nitrogens with one attached hydrogen (secondary N) is 1. The molecule has 3 nitrogen and oxygen atoms in total. The summed E-state index contributed by atoms with van der Waals surface area (Å²) in [5.74, 6) is -0.579. The monoisotopic (exact) mass is 280 g/mol. The second-order valence-electron chi connectivity index (χ2n) is 4.88. The number of amides is 1. The van der Waals surface area contributed by atoms with E-state index in [1.165, 1.54) is 18.3 Å². The average Bonchev–Trinajstić information content (AvgIpc) is 2.49. The van der Waals surface area contributed by atoms with Crippen molar-refractivity contribution in [2.45, 2.75) is 6.92 Å². The number of carbonyl (C=O) groups excluding carboxylic acids is 1. The third-order valence-electron chi connectivity index (χ3n) is 3.22. The van der Waals surface area contributed by atoms with Crippen LogP contribution >= 0.6 is 0 Å². The molecule has 0 bridgehead atoms. The quantitative estimate of drug-likeness (QED) is 0.772. The number of pyridine rings is 1. The molecule has 0 atom stereocenters. The Balaban J connectivity index is 1.87. The van der Waals surface area contributed by atoms with E-state index in [4.69, 9.17) is 0 Å². The highest BCUT2D eigenvalue weighted by Crippen LogP contribution is 2.16. The summed E-state index contributed by atoms with van der Waals surface area (Å²) in [6.07, 6.45) is 1.45. The molecule has 0 fully saturated rings. The number of rotatable bonds is 2. The first-order valence-corrected chi connectivity index (χ1v) is 6.55. The van der Waals surface area contributed by atoms with Gasteiger partial charge in [0, 0.05) is 23.3 Å². The van der Waals surface area contributed by atoms with Crippen molar-refractivity contribution < 1.29 is 9.18 Å². The molecular weight excluding hydrogens is 267 g/mol. The van der Waals surface area contributed by atoms with Gasteiger partial charge in [-0.2, -0.15) is 0 Å². The maximum absolute atomic E-state index is 13.1. The zero-order valence-electron chi connectivity index (χ0n) is 11.4. The molecule has 1 aromatic heterocycles. The standard InChI is InChI=1S/C17H13FN2O/c1-11-2-6-15(7-3-11)20-17(21)13-8-12-4-5-14(18)9-16(12)19-10-13/h2-10H,1H3,(H,20,21). The van der Waals surface area contributed by atoms with Gasteiger partial charge in [-0.3, -0.25) is 9.78 Å². The van der Waals surface area contributed by atoms with Crippen molar-refractivity contribution in [1.29, 1.82) is 0 Å². The fourth-order valence-electron chi connectivity index (χ4n) is 2.06. The van der Waals surface area contributed by atoms with Crippen molar-refractivity contribution in [3.05, 3.63) is 71.7 Å². The van der Waals surface area contributed by atoms with Crippen LogP contribution in [0.25, 0.3) is 10.9 Å². The molecule has 1 heterocycles. The van der Waals surface area contributed by atoms with Crippen molar-refractivity contribution in [2.75, 3.05) is 5.32 Å². The molecule has 0 aliphatic heterocycles. The van der Waals surface area contributed by atoms with Crippen LogP contribution in [0.4, 0.5) is 10.1 Å². The third-order valence-corrected chi connectivity index (χ3v) is 3.22. The van der Waals surface area contributed by atoms with Crippen LogP contribution in [0.5, 0.6) is 0 Å². The fourth-order valence-corrected chi connectivity index (χ4v) is 2.06. The fraction of sp³-hybridized carbons (Fsp3) is 0.0588. The summed E-state index contributed by atoms with van der Waals surface area (Å²) in [4.78, 5) is 16.3. The van der Waals surface area contributed by atoms with E-state index < -0.39 is 0 Å². The lowest BCUT2D eigenvalue weighted by Gasteiger charge is -2.06. The van der Waals surface area contributed by atoms with Gasteiger partial charge < -0.3 is 5.32 Å². The molecule has 0 spiro atoms. The van der Waals surface area contributed by atoms with Crippen molar-refractivity contribution in [3.63, 3.8) is 0 Å². The number of fused-ring (bicyclic) bond motifs is 1. The van der Waals surface area contributed by atoms with Gasteiger partial charge in [0.05, 0.1) is 11.1 Å². The number of aromatic nitrogens is 1. The Morgan fingerprint density at radius 2 is 1.86 bits per heavy atom. The Hall–Kier alpha value is -2.75. The number of hydrogen-bond donors (Lipinski definition) is 1. The first-order chi connectivity index (χ1) is 10.1. The molecule has 0 saturated carbocycles. The highest BCUT2D eigenvalue weighted by atomic mass is 19.1. The number of benzene rings is 2. The van der Waals surface area contributed by atoms with Gasteiger partial charge in [0.25, 0.3) is 5.91 Å². The molecule has 0 saturated heterocycles. The maximum Gasteiger partial charge on any atom is 0.257 e. The molecular formula is C17H13FN2O. The number of anilines is 1. The predicted molar refractivity (Wildman–Crippen MR) is 80.8 cm³/mol. The largest absolute Gasteiger partial charge is 0.322 e. The summed E-state index contributed by atoms with van der Waals surface area (Å²) < 4.78 is 13.1. The topological polar surface area (TPSA) is 42.0 Å². The van der Waals surface area contributed by atoms with Crippen molar-refractivity contribution in [2.24, 2.45) is 0 Å². The van der Waals surface area contributed by atoms with Gasteiger partial charge in [-0.1, -0.05) is 17.7 Å². The van der Waals surface area contributed by atoms with E-state index in [0.29, 0.717) is 11.1 Å². The second kappa shape index (κ2) is 5.32. The number of hydrogen-bond acceptors (Lipinski definition) is 2. The van der Waals surface area contributed by atoms with Crippen LogP contribution < -0.4 is 5.32 Å². The summed E-state index contributed by atoms with van der Waals surface area (Å²) in [6.45, 7) is 1.98. The van der Waals surface area contributed by atoms with Crippen LogP contribution in [0.1, 0.15) is 15.9 Å². The molecule has 4 heteroatoms. The lowest BCUT2D eigenvalue weighted by atomic mass is 10.1. The predicted octanol–water partition coefficient (Wildman–Crippen LogP) is 3.93. The lowest BCUT2D eigenvalue weighted by molar-refractivity contribution is 0.102. The van der Waals surface area contributed by atoms with Gasteiger partial charge >= 0.3 is 0 Å². The molecule has 2 aromatic carbocycles. The van der Waals surface area contributed by atoms with Crippen molar-refractivity contribution >= 4 is 22.5 Å². The Morgan fingerprint density at radius 1 is 1.10 bits per heavy atom. The van der Waals surface area contributed by atoms with E-state index in [1.807, 2.05) is 31.2 Å². The molecule has 3 aromatic rings. The van der Waals surface area contributed by atoms with E-state index in [1.54, 1.807) is 12.1 Å². The highest BCUT2D eigenvalue weighted by molar-refractivity contribution is 6.05. The minimum Gasteiger partial charge on any atom is -0.322 e. The molecule has 21 heavy (non-hydrogen) atoms. The van der Waals surface area contributed by atoms with Gasteiger partial charge in [-0.05, 0) is 37.3 Å². The van der Waals surface area contributed by atoms with Crippen LogP contribution in [0, 0.1) is 12.7 Å². The normalized spacial score (nSPS) is 10.6. The molecule has 0 radical (unpaired) electrons. The number of aryl methyl sites for hydroxylation is 1. The van der Waals surface area contributed by atoms with Gasteiger partial charge in [0.1, 0.15) is 5.82 Å². The van der Waals surface area contributed by atoms with Crippen LogP contribution in [-0.2, 0) is 0 Å². The minimum atomic E-state index is -0.341. The number of nitrogens with zero attached hydrogens (tertiary/aromatic N) is 1. The van der Waals surface area contributed by atoms with E-state index in [2.05, 4.69) is 10.3 Å². The summed E-state index contributed by atoms with van der Waals surface area (Å²) in [5, 5.41) is 3.54. The minimum absolute atomic E-state index is 0.238. The van der Waals surface area contributed by atoms with E-state index in [0.717, 1.165) is 16.6 Å². The van der Waals surface area contributed by atoms with Crippen molar-refractivity contribution in [3.8, 4) is 0 Å². The number of carbonyl (C=O) groups is 1. The zero-order valence-corrected chi connectivity index (χ0v) is 11.4. The SMILES string of the molecule is Cc1ccc(NC(=O)c2cnc3cc(F)ccc3c2)cc1. The van der Waals surface area contributed by atoms with Crippen LogP contribution in [0.2, 0.25) is 0 Å². The summed E-state index contributed by atoms with van der Waals surface area (Å²) in [5.41, 5.74) is 2.82. The Bertz CT molecular complexity index is 813. The highest BCUT2D eigenvalue weighted by Gasteiger charge is 2.08. The summed E-state index contributed by atoms with van der Waals surface area (Å²) >= 11 is 0. The molecule has 1 amide bonds. The molecule has 0 aliphatic rings. The zero-order chi connectivity index (χ0) is 14.8. The first-order valence-electron chi connectivity index (χ1n) is 6.55. The Kier molecular flexibility index (Phi) is 3.36. The van der Waals surface area contributed by atoms with Crippen LogP contribution in [0.15, 0.2) is 54.7 Å². The average molecular weight is 280 g/mol. The van der Waals surface area contributed by atoms with Gasteiger partial charge in [0.15, 0.2) is 0 Å². The Morgan fingerprint density at radius 3 is 2.62 bits per heavy atom. The number of halogens is 1.